The van der Waals surface area contributed by atoms with Crippen LogP contribution in [0.25, 0.3) is 6.08 Å². The van der Waals surface area contributed by atoms with Crippen molar-refractivity contribution in [2.45, 2.75) is 17.3 Å². The highest BCUT2D eigenvalue weighted by atomic mass is 32.2. The van der Waals surface area contributed by atoms with E-state index >= 15 is 0 Å². The van der Waals surface area contributed by atoms with E-state index in [2.05, 4.69) is 10.1 Å². The standard InChI is InChI=1S/C19H15F4NO4S/c20-18(21)28-14-6-1-12(2-7-14)3-10-17(26)27-11-16(25)24-13-4-8-15(9-5-13)29-19(22)23/h1-10,18-19H,11H2,(H,24,25). The molecule has 0 radical (unpaired) electrons. The van der Waals surface area contributed by atoms with Crippen LogP contribution < -0.4 is 10.1 Å². The lowest BCUT2D eigenvalue weighted by Gasteiger charge is -2.06. The first-order chi connectivity index (χ1) is 13.8. The maximum absolute atomic E-state index is 12.2. The zero-order chi connectivity index (χ0) is 21.2. The zero-order valence-electron chi connectivity index (χ0n) is 14.7. The van der Waals surface area contributed by atoms with Crippen molar-refractivity contribution in [3.8, 4) is 5.75 Å². The van der Waals surface area contributed by atoms with Crippen molar-refractivity contribution in [2.24, 2.45) is 0 Å². The third-order valence-corrected chi connectivity index (χ3v) is 3.95. The Hall–Kier alpha value is -3.01. The first kappa shape index (κ1) is 22.3. The van der Waals surface area contributed by atoms with Crippen LogP contribution in [0.3, 0.4) is 0 Å². The molecule has 0 unspecified atom stereocenters. The van der Waals surface area contributed by atoms with Gasteiger partial charge in [0, 0.05) is 16.7 Å². The molecule has 0 saturated carbocycles. The van der Waals surface area contributed by atoms with E-state index in [0.29, 0.717) is 27.9 Å². The SMILES string of the molecule is O=C(COC(=O)C=Cc1ccc(OC(F)F)cc1)Nc1ccc(SC(F)F)cc1. The van der Waals surface area contributed by atoms with Crippen LogP contribution in [0.15, 0.2) is 59.5 Å². The number of carbonyl (C=O) groups excluding carboxylic acids is 2. The van der Waals surface area contributed by atoms with Gasteiger partial charge in [-0.15, -0.1) is 0 Å². The van der Waals surface area contributed by atoms with E-state index in [1.807, 2.05) is 0 Å². The van der Waals surface area contributed by atoms with Gasteiger partial charge in [0.1, 0.15) is 5.75 Å². The summed E-state index contributed by atoms with van der Waals surface area (Å²) in [5.74, 6) is -3.93. The van der Waals surface area contributed by atoms with Crippen LogP contribution in [0.2, 0.25) is 0 Å². The number of anilines is 1. The molecule has 0 heterocycles. The van der Waals surface area contributed by atoms with Crippen LogP contribution >= 0.6 is 11.8 Å². The number of halogens is 4. The van der Waals surface area contributed by atoms with Crippen molar-refractivity contribution in [2.75, 3.05) is 11.9 Å². The van der Waals surface area contributed by atoms with Gasteiger partial charge in [0.2, 0.25) is 0 Å². The molecule has 0 aliphatic heterocycles. The first-order valence-corrected chi connectivity index (χ1v) is 8.94. The molecular formula is C19H15F4NO4S. The maximum atomic E-state index is 12.2. The van der Waals surface area contributed by atoms with E-state index in [0.717, 1.165) is 6.08 Å². The average molecular weight is 429 g/mol. The molecule has 2 rings (SSSR count). The second-order valence-electron chi connectivity index (χ2n) is 5.34. The second-order valence-corrected chi connectivity index (χ2v) is 6.40. The fourth-order valence-electron chi connectivity index (χ4n) is 2.03. The number of amides is 1. The third kappa shape index (κ3) is 8.69. The van der Waals surface area contributed by atoms with E-state index in [9.17, 15) is 27.2 Å². The van der Waals surface area contributed by atoms with E-state index < -0.39 is 30.9 Å². The lowest BCUT2D eigenvalue weighted by atomic mass is 10.2. The van der Waals surface area contributed by atoms with Gasteiger partial charge in [-0.3, -0.25) is 4.79 Å². The Morgan fingerprint density at radius 2 is 1.66 bits per heavy atom. The van der Waals surface area contributed by atoms with Crippen molar-refractivity contribution >= 4 is 35.4 Å². The topological polar surface area (TPSA) is 64.6 Å². The number of rotatable bonds is 9. The predicted octanol–water partition coefficient (Wildman–Crippen LogP) is 4.80. The smallest absolute Gasteiger partial charge is 0.387 e. The lowest BCUT2D eigenvalue weighted by Crippen LogP contribution is -2.20. The van der Waals surface area contributed by atoms with Gasteiger partial charge in [0.05, 0.1) is 0 Å². The third-order valence-electron chi connectivity index (χ3n) is 3.23. The Balaban J connectivity index is 1.76. The number of benzene rings is 2. The highest BCUT2D eigenvalue weighted by Gasteiger charge is 2.08. The van der Waals surface area contributed by atoms with E-state index in [1.54, 1.807) is 0 Å². The molecule has 5 nitrogen and oxygen atoms in total. The molecule has 0 atom stereocenters. The van der Waals surface area contributed by atoms with E-state index in [1.165, 1.54) is 54.6 Å². The van der Waals surface area contributed by atoms with Gasteiger partial charge < -0.3 is 14.8 Å². The summed E-state index contributed by atoms with van der Waals surface area (Å²) in [6.45, 7) is -3.47. The molecule has 2 aromatic rings. The summed E-state index contributed by atoms with van der Waals surface area (Å²) >= 11 is 0.384. The molecule has 0 aliphatic rings. The van der Waals surface area contributed by atoms with E-state index in [4.69, 9.17) is 4.74 Å². The van der Waals surface area contributed by atoms with Crippen LogP contribution in [0, 0.1) is 0 Å². The highest BCUT2D eigenvalue weighted by molar-refractivity contribution is 7.99. The van der Waals surface area contributed by atoms with Crippen molar-refractivity contribution < 1.29 is 36.6 Å². The lowest BCUT2D eigenvalue weighted by molar-refractivity contribution is -0.142. The Morgan fingerprint density at radius 3 is 2.24 bits per heavy atom. The normalized spacial score (nSPS) is 11.1. The fourth-order valence-corrected chi connectivity index (χ4v) is 2.53. The monoisotopic (exact) mass is 429 g/mol. The van der Waals surface area contributed by atoms with Crippen molar-refractivity contribution in [1.82, 2.24) is 0 Å². The number of nitrogens with one attached hydrogen (secondary N) is 1. The molecule has 0 saturated heterocycles. The molecule has 10 heteroatoms. The van der Waals surface area contributed by atoms with Gasteiger partial charge in [0.15, 0.2) is 6.61 Å². The molecule has 29 heavy (non-hydrogen) atoms. The number of carbonyl (C=O) groups is 2. The van der Waals surface area contributed by atoms with Gasteiger partial charge in [-0.25, -0.2) is 4.79 Å². The number of ether oxygens (including phenoxy) is 2. The van der Waals surface area contributed by atoms with Gasteiger partial charge in [0.25, 0.3) is 11.7 Å². The van der Waals surface area contributed by atoms with Gasteiger partial charge in [-0.1, -0.05) is 23.9 Å². The molecule has 0 aliphatic carbocycles. The molecule has 1 N–H and O–H groups in total. The molecule has 2 aromatic carbocycles. The first-order valence-electron chi connectivity index (χ1n) is 8.06. The number of hydrogen-bond donors (Lipinski definition) is 1. The summed E-state index contributed by atoms with van der Waals surface area (Å²) in [6.07, 6.45) is 2.46. The summed E-state index contributed by atoms with van der Waals surface area (Å²) in [5.41, 5.74) is 0.904. The number of esters is 1. The van der Waals surface area contributed by atoms with Crippen LogP contribution in [0.4, 0.5) is 23.2 Å². The number of alkyl halides is 4. The summed E-state index contributed by atoms with van der Waals surface area (Å²) in [5, 5.41) is 2.46. The molecule has 0 aromatic heterocycles. The molecule has 0 spiro atoms. The molecule has 0 fully saturated rings. The fraction of sp³-hybridized carbons (Fsp3) is 0.158. The Morgan fingerprint density at radius 1 is 1.00 bits per heavy atom. The minimum Gasteiger partial charge on any atom is -0.452 e. The molecule has 0 bridgehead atoms. The summed E-state index contributed by atoms with van der Waals surface area (Å²) in [4.78, 5) is 23.8. The maximum Gasteiger partial charge on any atom is 0.387 e. The van der Waals surface area contributed by atoms with Crippen molar-refractivity contribution in [3.63, 3.8) is 0 Å². The molecule has 154 valence electrons. The van der Waals surface area contributed by atoms with Crippen molar-refractivity contribution in [1.29, 1.82) is 0 Å². The second kappa shape index (κ2) is 11.1. The Bertz CT molecular complexity index is 842. The summed E-state index contributed by atoms with van der Waals surface area (Å²) in [6, 6.07) is 11.3. The minimum absolute atomic E-state index is 0.0165. The molecule has 1 amide bonds. The van der Waals surface area contributed by atoms with Crippen LogP contribution in [0.5, 0.6) is 5.75 Å². The van der Waals surface area contributed by atoms with Crippen molar-refractivity contribution in [3.05, 3.63) is 60.2 Å². The summed E-state index contributed by atoms with van der Waals surface area (Å²) in [7, 11) is 0. The highest BCUT2D eigenvalue weighted by Crippen LogP contribution is 2.26. The quantitative estimate of drug-likeness (QED) is 0.269. The minimum atomic E-state index is -2.92. The largest absolute Gasteiger partial charge is 0.452 e. The Labute approximate surface area is 167 Å². The van der Waals surface area contributed by atoms with E-state index in [-0.39, 0.29) is 5.75 Å². The molecular weight excluding hydrogens is 414 g/mol. The van der Waals surface area contributed by atoms with Crippen LogP contribution in [0.1, 0.15) is 5.56 Å². The number of thioether (sulfide) groups is 1. The van der Waals surface area contributed by atoms with Gasteiger partial charge in [-0.2, -0.15) is 17.6 Å². The van der Waals surface area contributed by atoms with Gasteiger partial charge >= 0.3 is 12.6 Å². The number of hydrogen-bond acceptors (Lipinski definition) is 5. The van der Waals surface area contributed by atoms with Crippen LogP contribution in [-0.4, -0.2) is 30.9 Å². The van der Waals surface area contributed by atoms with Crippen LogP contribution in [-0.2, 0) is 14.3 Å². The predicted molar refractivity (Wildman–Crippen MR) is 100.0 cm³/mol. The average Bonchev–Trinajstić information content (AvgIpc) is 2.66. The Kier molecular flexibility index (Phi) is 8.53. The van der Waals surface area contributed by atoms with Gasteiger partial charge in [-0.05, 0) is 48.0 Å². The summed E-state index contributed by atoms with van der Waals surface area (Å²) < 4.78 is 57.6. The zero-order valence-corrected chi connectivity index (χ0v) is 15.5.